The molecule has 4 nitrogen and oxygen atoms in total. The Morgan fingerprint density at radius 2 is 1.87 bits per heavy atom. The van der Waals surface area contributed by atoms with Crippen molar-refractivity contribution in [2.24, 2.45) is 0 Å². The van der Waals surface area contributed by atoms with Crippen LogP contribution in [0, 0.1) is 9.39 Å². The Balaban J connectivity index is 1.96. The van der Waals surface area contributed by atoms with Gasteiger partial charge in [0.25, 0.3) is 0 Å². The zero-order valence-electron chi connectivity index (χ0n) is 12.7. The number of nitrogens with one attached hydrogen (secondary N) is 1. The topological polar surface area (TPSA) is 52.8 Å². The average molecular weight is 424 g/mol. The van der Waals surface area contributed by atoms with Crippen molar-refractivity contribution >= 4 is 22.6 Å². The smallest absolute Gasteiger partial charge is 0.235 e. The monoisotopic (exact) mass is 424 g/mol. The second-order valence-electron chi connectivity index (χ2n) is 5.80. The predicted molar refractivity (Wildman–Crippen MR) is 93.5 cm³/mol. The number of aromatic nitrogens is 3. The van der Waals surface area contributed by atoms with E-state index in [1.54, 1.807) is 32.2 Å². The summed E-state index contributed by atoms with van der Waals surface area (Å²) in [5, 5.41) is 13.2. The van der Waals surface area contributed by atoms with Gasteiger partial charge < -0.3 is 5.11 Å². The van der Waals surface area contributed by atoms with Gasteiger partial charge >= 0.3 is 0 Å². The minimum atomic E-state index is -0.963. The highest BCUT2D eigenvalue weighted by molar-refractivity contribution is 14.1. The van der Waals surface area contributed by atoms with E-state index in [1.807, 2.05) is 23.0 Å². The van der Waals surface area contributed by atoms with Gasteiger partial charge in [0.2, 0.25) is 11.9 Å². The highest BCUT2D eigenvalue weighted by Gasteiger charge is 2.20. The summed E-state index contributed by atoms with van der Waals surface area (Å²) < 4.78 is 15.9. The molecular weight excluding hydrogens is 408 g/mol. The molecule has 0 radical (unpaired) electrons. The first-order chi connectivity index (χ1) is 10.8. The third-order valence-corrected chi connectivity index (χ3v) is 4.32. The maximum Gasteiger partial charge on any atom is 0.235 e. The standard InChI is InChI=1S/C17H15FIN3O/c1-17(2,23)15-8-3-11(9-20-15)16-14(19)10-22(21-16)13-6-4-12(18)5-7-13/h3-10,23H,1-2H3/p+1. The van der Waals surface area contributed by atoms with Crippen LogP contribution in [-0.4, -0.2) is 15.2 Å². The molecule has 0 fully saturated rings. The molecule has 0 aliphatic heterocycles. The van der Waals surface area contributed by atoms with E-state index in [1.165, 1.54) is 12.1 Å². The van der Waals surface area contributed by atoms with Crippen LogP contribution >= 0.6 is 22.6 Å². The van der Waals surface area contributed by atoms with Gasteiger partial charge in [0, 0.05) is 23.9 Å². The number of rotatable bonds is 3. The van der Waals surface area contributed by atoms with Crippen molar-refractivity contribution in [2.75, 3.05) is 0 Å². The molecule has 0 atom stereocenters. The number of pyridine rings is 1. The van der Waals surface area contributed by atoms with Crippen molar-refractivity contribution < 1.29 is 14.2 Å². The van der Waals surface area contributed by atoms with Crippen LogP contribution in [0.1, 0.15) is 19.5 Å². The van der Waals surface area contributed by atoms with Gasteiger partial charge in [0.15, 0.2) is 0 Å². The molecule has 2 heterocycles. The second kappa shape index (κ2) is 6.01. The molecule has 3 aromatic rings. The lowest BCUT2D eigenvalue weighted by Gasteiger charge is -2.16. The quantitative estimate of drug-likeness (QED) is 0.501. The Morgan fingerprint density at radius 3 is 2.43 bits per heavy atom. The third kappa shape index (κ3) is 3.42. The largest absolute Gasteiger partial charge is 0.384 e. The van der Waals surface area contributed by atoms with E-state index in [2.05, 4.69) is 32.7 Å². The summed E-state index contributed by atoms with van der Waals surface area (Å²) in [6.07, 6.45) is 3.67. The van der Waals surface area contributed by atoms with E-state index in [9.17, 15) is 9.50 Å². The summed E-state index contributed by atoms with van der Waals surface area (Å²) in [6, 6.07) is 10.0. The fraction of sp³-hybridized carbons (Fsp3) is 0.176. The fourth-order valence-electron chi connectivity index (χ4n) is 2.23. The van der Waals surface area contributed by atoms with Crippen molar-refractivity contribution in [1.82, 2.24) is 10.1 Å². The summed E-state index contributed by atoms with van der Waals surface area (Å²) in [5.74, 6) is -0.262. The lowest BCUT2D eigenvalue weighted by atomic mass is 10.0. The summed E-state index contributed by atoms with van der Waals surface area (Å²) in [5.41, 5.74) is 2.34. The molecular formula is C17H16FIN3O+. The van der Waals surface area contributed by atoms with Gasteiger partial charge in [0.1, 0.15) is 20.7 Å². The maximum atomic E-state index is 13.0. The van der Waals surface area contributed by atoms with Crippen LogP contribution in [-0.2, 0) is 5.60 Å². The number of halogens is 2. The van der Waals surface area contributed by atoms with Crippen LogP contribution in [0.3, 0.4) is 0 Å². The molecule has 6 heteroatoms. The molecule has 0 saturated carbocycles. The van der Waals surface area contributed by atoms with Crippen LogP contribution in [0.4, 0.5) is 4.39 Å². The number of hydrogen-bond donors (Lipinski definition) is 2. The Morgan fingerprint density at radius 1 is 1.17 bits per heavy atom. The Hall–Kier alpha value is -1.80. The van der Waals surface area contributed by atoms with Crippen LogP contribution in [0.15, 0.2) is 48.8 Å². The summed E-state index contributed by atoms with van der Waals surface area (Å²) in [6.45, 7) is 3.41. The number of hydrogen-bond acceptors (Lipinski definition) is 2. The third-order valence-electron chi connectivity index (χ3n) is 3.50. The Bertz CT molecular complexity index is 821. The van der Waals surface area contributed by atoms with E-state index in [0.29, 0.717) is 5.69 Å². The number of aliphatic hydroxyl groups is 1. The highest BCUT2D eigenvalue weighted by Crippen LogP contribution is 2.24. The molecule has 2 N–H and O–H groups in total. The van der Waals surface area contributed by atoms with Gasteiger partial charge in [-0.1, -0.05) is 4.68 Å². The second-order valence-corrected chi connectivity index (χ2v) is 6.96. The summed E-state index contributed by atoms with van der Waals surface area (Å²) in [7, 11) is 0. The van der Waals surface area contributed by atoms with E-state index < -0.39 is 5.60 Å². The van der Waals surface area contributed by atoms with Gasteiger partial charge in [-0.15, -0.1) is 0 Å². The molecule has 1 aromatic carbocycles. The molecule has 0 bridgehead atoms. The van der Waals surface area contributed by atoms with E-state index >= 15 is 0 Å². The average Bonchev–Trinajstić information content (AvgIpc) is 2.89. The molecule has 23 heavy (non-hydrogen) atoms. The minimum Gasteiger partial charge on any atom is -0.384 e. The Labute approximate surface area is 147 Å². The van der Waals surface area contributed by atoms with Crippen molar-refractivity contribution in [1.29, 1.82) is 0 Å². The highest BCUT2D eigenvalue weighted by atomic mass is 127. The number of H-pyrrole nitrogens is 1. The number of benzene rings is 1. The van der Waals surface area contributed by atoms with Crippen LogP contribution in [0.25, 0.3) is 16.9 Å². The first kappa shape index (κ1) is 16.1. The number of aromatic amines is 1. The molecule has 0 spiro atoms. The van der Waals surface area contributed by atoms with Gasteiger partial charge in [-0.2, -0.15) is 5.10 Å². The molecule has 0 amide bonds. The zero-order valence-corrected chi connectivity index (χ0v) is 14.9. The van der Waals surface area contributed by atoms with E-state index in [-0.39, 0.29) is 5.82 Å². The Kier molecular flexibility index (Phi) is 4.20. The van der Waals surface area contributed by atoms with Crippen molar-refractivity contribution in [3.63, 3.8) is 0 Å². The molecule has 0 saturated heterocycles. The zero-order chi connectivity index (χ0) is 16.6. The van der Waals surface area contributed by atoms with Gasteiger partial charge in [-0.3, -0.25) is 4.98 Å². The SMILES string of the molecule is CC(C)(O)c1ccc(-c2[nH][n+](-c3ccc(F)cc3)cc2I)cn1. The van der Waals surface area contributed by atoms with Crippen molar-refractivity contribution in [3.8, 4) is 16.9 Å². The molecule has 0 aliphatic carbocycles. The van der Waals surface area contributed by atoms with Gasteiger partial charge in [-0.25, -0.2) is 4.39 Å². The lowest BCUT2D eigenvalue weighted by molar-refractivity contribution is -0.654. The van der Waals surface area contributed by atoms with E-state index in [0.717, 1.165) is 20.5 Å². The van der Waals surface area contributed by atoms with Crippen LogP contribution in [0.2, 0.25) is 0 Å². The molecule has 3 rings (SSSR count). The van der Waals surface area contributed by atoms with Crippen molar-refractivity contribution in [3.05, 3.63) is 63.9 Å². The van der Waals surface area contributed by atoms with Crippen LogP contribution in [0.5, 0.6) is 0 Å². The van der Waals surface area contributed by atoms with E-state index in [4.69, 9.17) is 0 Å². The normalized spacial score (nSPS) is 11.7. The van der Waals surface area contributed by atoms with Crippen molar-refractivity contribution in [2.45, 2.75) is 19.4 Å². The minimum absolute atomic E-state index is 0.262. The fourth-order valence-corrected chi connectivity index (χ4v) is 2.94. The summed E-state index contributed by atoms with van der Waals surface area (Å²) >= 11 is 2.24. The lowest BCUT2D eigenvalue weighted by Crippen LogP contribution is -2.31. The maximum absolute atomic E-state index is 13.0. The molecule has 118 valence electrons. The van der Waals surface area contributed by atoms with Gasteiger partial charge in [-0.05, 0) is 60.7 Å². The molecule has 0 aliphatic rings. The first-order valence-corrected chi connectivity index (χ1v) is 8.18. The van der Waals surface area contributed by atoms with Gasteiger partial charge in [0.05, 0.1) is 5.69 Å². The first-order valence-electron chi connectivity index (χ1n) is 7.10. The summed E-state index contributed by atoms with van der Waals surface area (Å²) in [4.78, 5) is 4.33. The number of nitrogens with zero attached hydrogens (tertiary/aromatic N) is 2. The predicted octanol–water partition coefficient (Wildman–Crippen LogP) is 3.32. The molecule has 0 unspecified atom stereocenters. The molecule has 2 aromatic heterocycles. The van der Waals surface area contributed by atoms with Crippen LogP contribution < -0.4 is 4.68 Å².